The molecule has 6 heteroatoms. The second-order valence-electron chi connectivity index (χ2n) is 4.05. The van der Waals surface area contributed by atoms with Crippen molar-refractivity contribution < 1.29 is 15.3 Å². The molecule has 1 heterocycles. The quantitative estimate of drug-likeness (QED) is 0.905. The highest BCUT2D eigenvalue weighted by Gasteiger charge is 2.39. The first-order chi connectivity index (χ1) is 8.61. The normalized spacial score (nSPS) is 19.7. The molecule has 0 bridgehead atoms. The molecule has 3 N–H and O–H groups in total. The Hall–Kier alpha value is -0.850. The smallest absolute Gasteiger partial charge is 0.289 e. The van der Waals surface area contributed by atoms with E-state index in [9.17, 15) is 9.59 Å². The number of amides is 2. The number of quaternary nitrogens is 1. The minimum atomic E-state index is -0.287. The molecule has 0 radical (unpaired) electrons. The van der Waals surface area contributed by atoms with Crippen LogP contribution in [0.5, 0.6) is 0 Å². The number of thioether (sulfide) groups is 1. The minimum absolute atomic E-state index is 0.0865. The third-order valence-corrected chi connectivity index (χ3v) is 4.32. The summed E-state index contributed by atoms with van der Waals surface area (Å²) in [6, 6.07) is 7.81. The topological polar surface area (TPSA) is 65.0 Å². The fourth-order valence-corrected chi connectivity index (χ4v) is 3.14. The van der Waals surface area contributed by atoms with E-state index in [1.54, 1.807) is 0 Å². The Balaban J connectivity index is 2.05. The number of carbonyl (C=O) groups excluding carboxylic acids is 2. The summed E-state index contributed by atoms with van der Waals surface area (Å²) in [4.78, 5) is 25.0. The third-order valence-electron chi connectivity index (χ3n) is 2.72. The van der Waals surface area contributed by atoms with Crippen LogP contribution < -0.4 is 5.73 Å². The number of hydrogen-bond acceptors (Lipinski definition) is 3. The van der Waals surface area contributed by atoms with Gasteiger partial charge in [-0.2, -0.15) is 0 Å². The Morgan fingerprint density at radius 1 is 1.28 bits per heavy atom. The summed E-state index contributed by atoms with van der Waals surface area (Å²) < 4.78 is 1.01. The van der Waals surface area contributed by atoms with Crippen molar-refractivity contribution >= 4 is 38.8 Å². The van der Waals surface area contributed by atoms with Gasteiger partial charge in [0.1, 0.15) is 0 Å². The van der Waals surface area contributed by atoms with E-state index in [4.69, 9.17) is 0 Å². The van der Waals surface area contributed by atoms with E-state index >= 15 is 0 Å². The van der Waals surface area contributed by atoms with Gasteiger partial charge in [0.15, 0.2) is 0 Å². The molecule has 0 aliphatic carbocycles. The summed E-state index contributed by atoms with van der Waals surface area (Å²) in [7, 11) is 0. The van der Waals surface area contributed by atoms with Gasteiger partial charge in [-0.05, 0) is 24.1 Å². The molecule has 2 rings (SSSR count). The Morgan fingerprint density at radius 3 is 2.56 bits per heavy atom. The number of benzene rings is 1. The maximum absolute atomic E-state index is 12.0. The van der Waals surface area contributed by atoms with Gasteiger partial charge >= 0.3 is 0 Å². The van der Waals surface area contributed by atoms with Gasteiger partial charge in [0.2, 0.25) is 5.91 Å². The zero-order chi connectivity index (χ0) is 13.1. The molecule has 1 aromatic rings. The van der Waals surface area contributed by atoms with Crippen molar-refractivity contribution in [3.05, 3.63) is 34.3 Å². The van der Waals surface area contributed by atoms with Gasteiger partial charge in [-0.3, -0.25) is 14.5 Å². The lowest BCUT2D eigenvalue weighted by Crippen LogP contribution is -2.55. The molecule has 96 valence electrons. The summed E-state index contributed by atoms with van der Waals surface area (Å²) in [5.41, 5.74) is 4.74. The molecule has 0 saturated carbocycles. The van der Waals surface area contributed by atoms with Crippen molar-refractivity contribution in [2.45, 2.75) is 11.7 Å². The van der Waals surface area contributed by atoms with Gasteiger partial charge in [0.25, 0.3) is 5.24 Å². The van der Waals surface area contributed by atoms with Crippen LogP contribution in [0.15, 0.2) is 28.7 Å². The standard InChI is InChI=1S/C12H13BrN2O2S/c13-9-3-1-8(2-4-9)7-10-11(16)15(6-5-14)12(17)18-10/h1-4,10H,5-7,14H2/p+1. The Bertz CT molecular complexity index is 464. The maximum Gasteiger partial charge on any atom is 0.289 e. The summed E-state index contributed by atoms with van der Waals surface area (Å²) >= 11 is 4.49. The van der Waals surface area contributed by atoms with E-state index in [-0.39, 0.29) is 16.4 Å². The molecule has 0 spiro atoms. The van der Waals surface area contributed by atoms with Crippen LogP contribution in [0.25, 0.3) is 0 Å². The highest BCUT2D eigenvalue weighted by atomic mass is 79.9. The van der Waals surface area contributed by atoms with E-state index in [1.807, 2.05) is 24.3 Å². The molecule has 2 amide bonds. The molecule has 1 aliphatic rings. The average Bonchev–Trinajstić information content (AvgIpc) is 2.60. The van der Waals surface area contributed by atoms with Crippen LogP contribution in [-0.2, 0) is 11.2 Å². The number of carbonyl (C=O) groups is 2. The van der Waals surface area contributed by atoms with Crippen molar-refractivity contribution in [3.8, 4) is 0 Å². The van der Waals surface area contributed by atoms with Crippen LogP contribution in [0.2, 0.25) is 0 Å². The fourth-order valence-electron chi connectivity index (χ4n) is 1.82. The van der Waals surface area contributed by atoms with E-state index in [0.29, 0.717) is 19.5 Å². The molecule has 1 atom stereocenters. The van der Waals surface area contributed by atoms with Crippen LogP contribution in [0.3, 0.4) is 0 Å². The van der Waals surface area contributed by atoms with Gasteiger partial charge in [0, 0.05) is 4.47 Å². The summed E-state index contributed by atoms with van der Waals surface area (Å²) in [5.74, 6) is -0.0865. The molecule has 1 aromatic carbocycles. The monoisotopic (exact) mass is 329 g/mol. The largest absolute Gasteiger partial charge is 0.356 e. The van der Waals surface area contributed by atoms with Crippen LogP contribution in [0.1, 0.15) is 5.56 Å². The molecular formula is C12H14BrN2O2S+. The third kappa shape index (κ3) is 2.93. The molecule has 1 fully saturated rings. The molecule has 1 aliphatic heterocycles. The van der Waals surface area contributed by atoms with Crippen LogP contribution in [-0.4, -0.2) is 34.4 Å². The van der Waals surface area contributed by atoms with Crippen LogP contribution >= 0.6 is 27.7 Å². The molecule has 18 heavy (non-hydrogen) atoms. The van der Waals surface area contributed by atoms with E-state index < -0.39 is 0 Å². The average molecular weight is 330 g/mol. The van der Waals surface area contributed by atoms with Gasteiger partial charge < -0.3 is 5.73 Å². The van der Waals surface area contributed by atoms with Crippen LogP contribution in [0.4, 0.5) is 4.79 Å². The maximum atomic E-state index is 12.0. The Morgan fingerprint density at radius 2 is 1.94 bits per heavy atom. The second kappa shape index (κ2) is 5.86. The first-order valence-corrected chi connectivity index (χ1v) is 7.34. The minimum Gasteiger partial charge on any atom is -0.356 e. The fraction of sp³-hybridized carbons (Fsp3) is 0.333. The Kier molecular flexibility index (Phi) is 4.42. The van der Waals surface area contributed by atoms with E-state index in [0.717, 1.165) is 21.8 Å². The predicted octanol–water partition coefficient (Wildman–Crippen LogP) is 1.30. The second-order valence-corrected chi connectivity index (χ2v) is 6.12. The number of halogens is 1. The SMILES string of the molecule is [NH3+]CCN1C(=O)SC(Cc2ccc(Br)cc2)C1=O. The summed E-state index contributed by atoms with van der Waals surface area (Å²) in [6.07, 6.45) is 0.593. The molecule has 1 saturated heterocycles. The molecule has 0 aromatic heterocycles. The van der Waals surface area contributed by atoms with Gasteiger partial charge in [-0.15, -0.1) is 0 Å². The highest BCUT2D eigenvalue weighted by molar-refractivity contribution is 9.10. The zero-order valence-electron chi connectivity index (χ0n) is 9.77. The molecular weight excluding hydrogens is 316 g/mol. The number of nitrogens with zero attached hydrogens (tertiary/aromatic N) is 1. The lowest BCUT2D eigenvalue weighted by molar-refractivity contribution is -0.367. The van der Waals surface area contributed by atoms with Crippen LogP contribution in [0, 0.1) is 0 Å². The molecule has 4 nitrogen and oxygen atoms in total. The van der Waals surface area contributed by atoms with Crippen molar-refractivity contribution in [1.29, 1.82) is 0 Å². The number of rotatable bonds is 4. The first kappa shape index (κ1) is 13.6. The highest BCUT2D eigenvalue weighted by Crippen LogP contribution is 2.29. The number of imide groups is 1. The van der Waals surface area contributed by atoms with Gasteiger partial charge in [0.05, 0.1) is 18.3 Å². The van der Waals surface area contributed by atoms with Crippen molar-refractivity contribution in [2.75, 3.05) is 13.1 Å². The zero-order valence-corrected chi connectivity index (χ0v) is 12.2. The number of hydrogen-bond donors (Lipinski definition) is 1. The Labute approximate surface area is 118 Å². The van der Waals surface area contributed by atoms with Crippen molar-refractivity contribution in [3.63, 3.8) is 0 Å². The predicted molar refractivity (Wildman–Crippen MR) is 74.1 cm³/mol. The van der Waals surface area contributed by atoms with Crippen molar-refractivity contribution in [1.82, 2.24) is 4.90 Å². The first-order valence-electron chi connectivity index (χ1n) is 5.67. The lowest BCUT2D eigenvalue weighted by Gasteiger charge is -2.11. The molecule has 1 unspecified atom stereocenters. The van der Waals surface area contributed by atoms with Gasteiger partial charge in [-0.1, -0.05) is 39.8 Å². The van der Waals surface area contributed by atoms with Crippen molar-refractivity contribution in [2.24, 2.45) is 0 Å². The van der Waals surface area contributed by atoms with E-state index in [1.165, 1.54) is 4.90 Å². The van der Waals surface area contributed by atoms with E-state index in [2.05, 4.69) is 21.7 Å². The summed E-state index contributed by atoms with van der Waals surface area (Å²) in [6.45, 7) is 0.977. The lowest BCUT2D eigenvalue weighted by atomic mass is 10.1. The van der Waals surface area contributed by atoms with Gasteiger partial charge in [-0.25, -0.2) is 0 Å². The summed E-state index contributed by atoms with van der Waals surface area (Å²) in [5, 5.41) is -0.434.